The van der Waals surface area contributed by atoms with Crippen molar-refractivity contribution in [3.8, 4) is 5.88 Å². The van der Waals surface area contributed by atoms with Crippen molar-refractivity contribution >= 4 is 35.8 Å². The maximum Gasteiger partial charge on any atom is 0.241 e. The van der Waals surface area contributed by atoms with Crippen molar-refractivity contribution in [2.24, 2.45) is 12.0 Å². The van der Waals surface area contributed by atoms with Crippen molar-refractivity contribution in [2.75, 3.05) is 67.1 Å². The van der Waals surface area contributed by atoms with Crippen LogP contribution < -0.4 is 15.4 Å². The minimum Gasteiger partial charge on any atom is -0.481 e. The monoisotopic (exact) mass is 537 g/mol. The molecule has 0 aliphatic carbocycles. The number of carbonyl (C=O) groups excluding carboxylic acids is 1. The maximum atomic E-state index is 12.0. The number of carbonyl (C=O) groups is 1. The van der Waals surface area contributed by atoms with Crippen LogP contribution in [0.25, 0.3) is 0 Å². The van der Waals surface area contributed by atoms with Gasteiger partial charge in [-0.25, -0.2) is 9.67 Å². The van der Waals surface area contributed by atoms with Gasteiger partial charge in [0, 0.05) is 47.3 Å². The van der Waals surface area contributed by atoms with E-state index in [9.17, 15) is 4.79 Å². The summed E-state index contributed by atoms with van der Waals surface area (Å²) in [6.45, 7) is 7.71. The fourth-order valence-corrected chi connectivity index (χ4v) is 3.11. The van der Waals surface area contributed by atoms with Crippen LogP contribution in [0, 0.1) is 0 Å². The summed E-state index contributed by atoms with van der Waals surface area (Å²) < 4.78 is 12.6. The SMILES string of the molecule is CCc1nn(C)c(OC)c1CN=C(NCCN1CCOCC1)NCC(=O)N(C)C.I. The number of rotatable bonds is 9. The first-order valence-corrected chi connectivity index (χ1v) is 10.1. The fourth-order valence-electron chi connectivity index (χ4n) is 3.11. The number of aliphatic imine (C=N–C) groups is 1. The molecule has 10 nitrogen and oxygen atoms in total. The molecule has 1 fully saturated rings. The molecule has 0 atom stereocenters. The number of hydrogen-bond acceptors (Lipinski definition) is 6. The topological polar surface area (TPSA) is 96.2 Å². The van der Waals surface area contributed by atoms with Gasteiger partial charge in [-0.2, -0.15) is 5.10 Å². The van der Waals surface area contributed by atoms with Crippen molar-refractivity contribution in [3.63, 3.8) is 0 Å². The molecule has 0 spiro atoms. The Morgan fingerprint density at radius 3 is 2.60 bits per heavy atom. The molecule has 1 aromatic rings. The third kappa shape index (κ3) is 7.91. The average Bonchev–Trinajstić information content (AvgIpc) is 3.04. The lowest BCUT2D eigenvalue weighted by atomic mass is 10.2. The Bertz CT molecular complexity index is 688. The Balaban J connectivity index is 0.00000450. The number of methoxy groups -OCH3 is 1. The van der Waals surface area contributed by atoms with Crippen LogP contribution in [0.15, 0.2) is 4.99 Å². The summed E-state index contributed by atoms with van der Waals surface area (Å²) in [7, 11) is 6.97. The van der Waals surface area contributed by atoms with Gasteiger partial charge in [-0.05, 0) is 6.42 Å². The molecule has 1 aliphatic heterocycles. The standard InChI is InChI=1S/C19H35N7O3.HI/c1-6-16-15(18(28-5)25(4)23-16)13-21-19(22-14-17(27)24(2)3)20-7-8-26-9-11-29-12-10-26;/h6-14H2,1-5H3,(H2,20,21,22);1H. The fraction of sp³-hybridized carbons (Fsp3) is 0.737. The molecule has 172 valence electrons. The van der Waals surface area contributed by atoms with E-state index in [2.05, 4.69) is 32.5 Å². The molecule has 1 saturated heterocycles. The first-order valence-electron chi connectivity index (χ1n) is 10.1. The quantitative estimate of drug-likeness (QED) is 0.262. The first-order chi connectivity index (χ1) is 14.0. The molecular formula is C19H36IN7O3. The molecule has 11 heteroatoms. The van der Waals surface area contributed by atoms with Gasteiger partial charge in [-0.1, -0.05) is 6.92 Å². The van der Waals surface area contributed by atoms with Gasteiger partial charge < -0.3 is 25.0 Å². The second kappa shape index (κ2) is 13.7. The number of morpholine rings is 1. The highest BCUT2D eigenvalue weighted by Crippen LogP contribution is 2.22. The van der Waals surface area contributed by atoms with Gasteiger partial charge in [-0.3, -0.25) is 9.69 Å². The van der Waals surface area contributed by atoms with Crippen molar-refractivity contribution in [2.45, 2.75) is 19.9 Å². The molecule has 1 amide bonds. The highest BCUT2D eigenvalue weighted by molar-refractivity contribution is 14.0. The summed E-state index contributed by atoms with van der Waals surface area (Å²) >= 11 is 0. The van der Waals surface area contributed by atoms with Gasteiger partial charge in [0.1, 0.15) is 0 Å². The minimum absolute atomic E-state index is 0. The molecule has 0 bridgehead atoms. The second-order valence-corrected chi connectivity index (χ2v) is 7.10. The third-order valence-corrected chi connectivity index (χ3v) is 4.82. The van der Waals surface area contributed by atoms with Gasteiger partial charge in [0.25, 0.3) is 0 Å². The zero-order chi connectivity index (χ0) is 21.2. The number of nitrogens with zero attached hydrogens (tertiary/aromatic N) is 5. The van der Waals surface area contributed by atoms with Crippen molar-refractivity contribution < 1.29 is 14.3 Å². The van der Waals surface area contributed by atoms with Crippen molar-refractivity contribution in [1.82, 2.24) is 30.2 Å². The van der Waals surface area contributed by atoms with E-state index in [0.717, 1.165) is 57.1 Å². The van der Waals surface area contributed by atoms with E-state index in [-0.39, 0.29) is 36.4 Å². The predicted octanol–water partition coefficient (Wildman–Crippen LogP) is 0.0647. The lowest BCUT2D eigenvalue weighted by Crippen LogP contribution is -2.46. The molecule has 1 aliphatic rings. The summed E-state index contributed by atoms with van der Waals surface area (Å²) in [4.78, 5) is 20.6. The number of ether oxygens (including phenoxy) is 2. The summed E-state index contributed by atoms with van der Waals surface area (Å²) in [5.74, 6) is 1.30. The van der Waals surface area contributed by atoms with Crippen LogP contribution in [0.1, 0.15) is 18.2 Å². The lowest BCUT2D eigenvalue weighted by molar-refractivity contribution is -0.127. The summed E-state index contributed by atoms with van der Waals surface area (Å²) in [6.07, 6.45) is 0.800. The second-order valence-electron chi connectivity index (χ2n) is 7.10. The molecular weight excluding hydrogens is 501 g/mol. The largest absolute Gasteiger partial charge is 0.481 e. The molecule has 30 heavy (non-hydrogen) atoms. The van der Waals surface area contributed by atoms with E-state index >= 15 is 0 Å². The number of hydrogen-bond donors (Lipinski definition) is 2. The van der Waals surface area contributed by atoms with Crippen LogP contribution in [0.3, 0.4) is 0 Å². The van der Waals surface area contributed by atoms with Crippen LogP contribution in [0.4, 0.5) is 0 Å². The van der Waals surface area contributed by atoms with Gasteiger partial charge in [-0.15, -0.1) is 24.0 Å². The van der Waals surface area contributed by atoms with Gasteiger partial charge in [0.15, 0.2) is 5.96 Å². The normalized spacial score (nSPS) is 14.8. The Morgan fingerprint density at radius 1 is 1.30 bits per heavy atom. The molecule has 0 radical (unpaired) electrons. The van der Waals surface area contributed by atoms with E-state index in [1.54, 1.807) is 30.8 Å². The van der Waals surface area contributed by atoms with Crippen LogP contribution in [-0.2, 0) is 29.5 Å². The highest BCUT2D eigenvalue weighted by Gasteiger charge is 2.16. The Morgan fingerprint density at radius 2 is 2.00 bits per heavy atom. The summed E-state index contributed by atoms with van der Waals surface area (Å²) in [5, 5.41) is 11.0. The predicted molar refractivity (Wildman–Crippen MR) is 128 cm³/mol. The van der Waals surface area contributed by atoms with Crippen molar-refractivity contribution in [3.05, 3.63) is 11.3 Å². The molecule has 0 unspecified atom stereocenters. The van der Waals surface area contributed by atoms with Gasteiger partial charge in [0.05, 0.1) is 44.7 Å². The van der Waals surface area contributed by atoms with Crippen molar-refractivity contribution in [1.29, 1.82) is 0 Å². The highest BCUT2D eigenvalue weighted by atomic mass is 127. The lowest BCUT2D eigenvalue weighted by Gasteiger charge is -2.26. The maximum absolute atomic E-state index is 12.0. The minimum atomic E-state index is -0.0131. The molecule has 1 aromatic heterocycles. The molecule has 2 N–H and O–H groups in total. The van der Waals surface area contributed by atoms with E-state index in [1.165, 1.54) is 0 Å². The summed E-state index contributed by atoms with van der Waals surface area (Å²) in [5.41, 5.74) is 1.93. The number of aryl methyl sites for hydroxylation is 2. The number of guanidine groups is 1. The number of likely N-dealkylation sites (N-methyl/N-ethyl adjacent to an activating group) is 1. The zero-order valence-corrected chi connectivity index (χ0v) is 21.1. The smallest absolute Gasteiger partial charge is 0.241 e. The average molecular weight is 537 g/mol. The van der Waals surface area contributed by atoms with E-state index in [1.807, 2.05) is 7.05 Å². The Kier molecular flexibility index (Phi) is 12.0. The van der Waals surface area contributed by atoms with Crippen LogP contribution in [0.2, 0.25) is 0 Å². The zero-order valence-electron chi connectivity index (χ0n) is 18.7. The molecule has 0 aromatic carbocycles. The molecule has 2 heterocycles. The number of aromatic nitrogens is 2. The van der Waals surface area contributed by atoms with Crippen LogP contribution in [-0.4, -0.2) is 98.6 Å². The van der Waals surface area contributed by atoms with Crippen LogP contribution >= 0.6 is 24.0 Å². The Labute approximate surface area is 196 Å². The first kappa shape index (κ1) is 26.4. The molecule has 2 rings (SSSR count). The number of halogens is 1. The summed E-state index contributed by atoms with van der Waals surface area (Å²) in [6, 6.07) is 0. The Hall–Kier alpha value is -1.60. The van der Waals surface area contributed by atoms with E-state index in [4.69, 9.17) is 9.47 Å². The number of nitrogens with one attached hydrogen (secondary N) is 2. The van der Waals surface area contributed by atoms with E-state index < -0.39 is 0 Å². The number of amides is 1. The third-order valence-electron chi connectivity index (χ3n) is 4.82. The van der Waals surface area contributed by atoms with Crippen LogP contribution in [0.5, 0.6) is 5.88 Å². The van der Waals surface area contributed by atoms with Gasteiger partial charge >= 0.3 is 0 Å². The molecule has 0 saturated carbocycles. The van der Waals surface area contributed by atoms with E-state index in [0.29, 0.717) is 18.4 Å². The van der Waals surface area contributed by atoms with Gasteiger partial charge in [0.2, 0.25) is 11.8 Å².